The number of halogens is 1. The zero-order valence-electron chi connectivity index (χ0n) is 10.5. The Labute approximate surface area is 116 Å². The van der Waals surface area contributed by atoms with Crippen molar-refractivity contribution in [2.24, 2.45) is 0 Å². The van der Waals surface area contributed by atoms with E-state index >= 15 is 0 Å². The molecule has 102 valence electrons. The van der Waals surface area contributed by atoms with Gasteiger partial charge in [-0.1, -0.05) is 24.4 Å². The zero-order valence-corrected chi connectivity index (χ0v) is 11.3. The molecule has 3 rings (SSSR count). The van der Waals surface area contributed by atoms with E-state index in [1.807, 2.05) is 0 Å². The third-order valence-corrected chi connectivity index (χ3v) is 3.80. The maximum absolute atomic E-state index is 9.31. The summed E-state index contributed by atoms with van der Waals surface area (Å²) in [5.74, 6) is 1.34. The number of aliphatic hydroxyl groups is 1. The van der Waals surface area contributed by atoms with Gasteiger partial charge in [0.2, 0.25) is 0 Å². The summed E-state index contributed by atoms with van der Waals surface area (Å²) < 4.78 is 1.68. The highest BCUT2D eigenvalue weighted by Crippen LogP contribution is 2.29. The molecule has 0 aliphatic heterocycles. The van der Waals surface area contributed by atoms with Crippen molar-refractivity contribution in [3.8, 4) is 0 Å². The summed E-state index contributed by atoms with van der Waals surface area (Å²) >= 11 is 6.05. The summed E-state index contributed by atoms with van der Waals surface area (Å²) in [5.41, 5.74) is 0. The maximum Gasteiger partial charge on any atom is 0.255 e. The predicted octanol–water partition coefficient (Wildman–Crippen LogP) is 1.52. The van der Waals surface area contributed by atoms with Crippen molar-refractivity contribution in [2.45, 2.75) is 31.7 Å². The molecule has 1 aliphatic carbocycles. The van der Waals surface area contributed by atoms with Crippen molar-refractivity contribution in [3.05, 3.63) is 17.5 Å². The lowest BCUT2D eigenvalue weighted by Crippen LogP contribution is -2.37. The van der Waals surface area contributed by atoms with Crippen LogP contribution in [0.4, 0.5) is 5.82 Å². The monoisotopic (exact) mass is 281 g/mol. The Morgan fingerprint density at radius 2 is 2.21 bits per heavy atom. The molecule has 0 atom stereocenters. The van der Waals surface area contributed by atoms with Crippen molar-refractivity contribution in [1.82, 2.24) is 19.6 Å². The van der Waals surface area contributed by atoms with Crippen molar-refractivity contribution >= 4 is 23.2 Å². The highest BCUT2D eigenvalue weighted by molar-refractivity contribution is 6.29. The van der Waals surface area contributed by atoms with E-state index in [2.05, 4.69) is 20.0 Å². The molecule has 1 aliphatic rings. The average Bonchev–Trinajstić information content (AvgIpc) is 3.05. The molecular formula is C12H16ClN5O. The molecule has 2 aromatic heterocycles. The molecule has 0 saturated heterocycles. The van der Waals surface area contributed by atoms with Crippen LogP contribution < -0.4 is 4.90 Å². The molecule has 0 radical (unpaired) electrons. The average molecular weight is 282 g/mol. The Kier molecular flexibility index (Phi) is 3.52. The first-order chi connectivity index (χ1) is 9.29. The number of nitrogens with zero attached hydrogens (tertiary/aromatic N) is 5. The number of aromatic nitrogens is 4. The van der Waals surface area contributed by atoms with Gasteiger partial charge >= 0.3 is 0 Å². The maximum atomic E-state index is 9.31. The molecule has 2 heterocycles. The minimum Gasteiger partial charge on any atom is -0.395 e. The summed E-state index contributed by atoms with van der Waals surface area (Å²) in [6.07, 6.45) is 6.19. The van der Waals surface area contributed by atoms with Crippen LogP contribution in [0.25, 0.3) is 5.78 Å². The van der Waals surface area contributed by atoms with Crippen molar-refractivity contribution in [3.63, 3.8) is 0 Å². The second-order valence-electron chi connectivity index (χ2n) is 4.76. The molecule has 0 bridgehead atoms. The summed E-state index contributed by atoms with van der Waals surface area (Å²) in [4.78, 5) is 10.4. The fourth-order valence-electron chi connectivity index (χ4n) is 2.78. The Morgan fingerprint density at radius 3 is 2.95 bits per heavy atom. The molecule has 0 unspecified atom stereocenters. The van der Waals surface area contributed by atoms with Crippen molar-refractivity contribution in [2.75, 3.05) is 18.1 Å². The van der Waals surface area contributed by atoms with E-state index in [1.54, 1.807) is 10.6 Å². The van der Waals surface area contributed by atoms with E-state index in [0.717, 1.165) is 18.7 Å². The summed E-state index contributed by atoms with van der Waals surface area (Å²) in [5, 5.41) is 13.9. The highest BCUT2D eigenvalue weighted by atomic mass is 35.5. The van der Waals surface area contributed by atoms with E-state index in [4.69, 9.17) is 11.6 Å². The Balaban J connectivity index is 2.05. The van der Waals surface area contributed by atoms with Crippen LogP contribution in [-0.2, 0) is 0 Å². The van der Waals surface area contributed by atoms with Crippen molar-refractivity contribution < 1.29 is 5.11 Å². The number of fused-ring (bicyclic) bond motifs is 1. The summed E-state index contributed by atoms with van der Waals surface area (Å²) in [7, 11) is 0. The Hall–Kier alpha value is -1.40. The largest absolute Gasteiger partial charge is 0.395 e. The minimum absolute atomic E-state index is 0.104. The number of anilines is 1. The van der Waals surface area contributed by atoms with Gasteiger partial charge in [-0.2, -0.15) is 19.6 Å². The molecular weight excluding hydrogens is 266 g/mol. The lowest BCUT2D eigenvalue weighted by molar-refractivity contribution is 0.296. The van der Waals surface area contributed by atoms with E-state index < -0.39 is 0 Å². The molecule has 0 amide bonds. The van der Waals surface area contributed by atoms with Gasteiger partial charge in [0.15, 0.2) is 0 Å². The van der Waals surface area contributed by atoms with Crippen LogP contribution in [0.5, 0.6) is 0 Å². The topological polar surface area (TPSA) is 66.5 Å². The first-order valence-corrected chi connectivity index (χ1v) is 6.91. The van der Waals surface area contributed by atoms with Crippen LogP contribution in [0, 0.1) is 0 Å². The zero-order chi connectivity index (χ0) is 13.2. The third kappa shape index (κ3) is 2.37. The van der Waals surface area contributed by atoms with Gasteiger partial charge in [-0.05, 0) is 12.8 Å². The van der Waals surface area contributed by atoms with Gasteiger partial charge < -0.3 is 10.0 Å². The molecule has 0 aromatic carbocycles. The van der Waals surface area contributed by atoms with Crippen LogP contribution in [0.15, 0.2) is 12.4 Å². The quantitative estimate of drug-likeness (QED) is 0.861. The molecule has 19 heavy (non-hydrogen) atoms. The second-order valence-corrected chi connectivity index (χ2v) is 5.15. The number of hydrogen-bond donors (Lipinski definition) is 1. The van der Waals surface area contributed by atoms with Crippen LogP contribution >= 0.6 is 11.6 Å². The Bertz CT molecular complexity index is 566. The molecule has 7 heteroatoms. The standard InChI is InChI=1S/C12H16ClN5O/c13-10-7-11(18-12(16-10)14-8-15-18)17(5-6-19)9-3-1-2-4-9/h7-9,19H,1-6H2. The fourth-order valence-corrected chi connectivity index (χ4v) is 2.95. The first kappa shape index (κ1) is 12.6. The smallest absolute Gasteiger partial charge is 0.255 e. The van der Waals surface area contributed by atoms with Crippen LogP contribution in [-0.4, -0.2) is 43.9 Å². The SMILES string of the molecule is OCCN(c1cc(Cl)nc2ncnn12)C1CCCC1. The first-order valence-electron chi connectivity index (χ1n) is 6.53. The van der Waals surface area contributed by atoms with E-state index in [1.165, 1.54) is 19.2 Å². The van der Waals surface area contributed by atoms with E-state index in [0.29, 0.717) is 23.5 Å². The summed E-state index contributed by atoms with van der Waals surface area (Å²) in [6.45, 7) is 0.673. The molecule has 1 N–H and O–H groups in total. The fraction of sp³-hybridized carbons (Fsp3) is 0.583. The van der Waals surface area contributed by atoms with Crippen LogP contribution in [0.2, 0.25) is 5.15 Å². The molecule has 2 aromatic rings. The van der Waals surface area contributed by atoms with E-state index in [-0.39, 0.29) is 6.61 Å². The highest BCUT2D eigenvalue weighted by Gasteiger charge is 2.25. The van der Waals surface area contributed by atoms with Gasteiger partial charge in [-0.3, -0.25) is 0 Å². The normalized spacial score (nSPS) is 16.3. The number of aliphatic hydroxyl groups excluding tert-OH is 1. The summed E-state index contributed by atoms with van der Waals surface area (Å²) in [6, 6.07) is 2.22. The molecule has 1 fully saturated rings. The molecule has 1 saturated carbocycles. The van der Waals surface area contributed by atoms with Gasteiger partial charge in [0.25, 0.3) is 5.78 Å². The predicted molar refractivity (Wildman–Crippen MR) is 72.5 cm³/mol. The van der Waals surface area contributed by atoms with Gasteiger partial charge in [0.1, 0.15) is 17.3 Å². The number of hydrogen-bond acceptors (Lipinski definition) is 5. The number of rotatable bonds is 4. The third-order valence-electron chi connectivity index (χ3n) is 3.60. The second kappa shape index (κ2) is 5.30. The molecule has 0 spiro atoms. The lowest BCUT2D eigenvalue weighted by atomic mass is 10.2. The lowest BCUT2D eigenvalue weighted by Gasteiger charge is -2.30. The minimum atomic E-state index is 0.104. The van der Waals surface area contributed by atoms with Crippen LogP contribution in [0.1, 0.15) is 25.7 Å². The van der Waals surface area contributed by atoms with Gasteiger partial charge in [-0.25, -0.2) is 0 Å². The Morgan fingerprint density at radius 1 is 1.42 bits per heavy atom. The van der Waals surface area contributed by atoms with Gasteiger partial charge in [0, 0.05) is 18.7 Å². The van der Waals surface area contributed by atoms with Crippen molar-refractivity contribution in [1.29, 1.82) is 0 Å². The van der Waals surface area contributed by atoms with Gasteiger partial charge in [0.05, 0.1) is 6.61 Å². The van der Waals surface area contributed by atoms with E-state index in [9.17, 15) is 5.11 Å². The van der Waals surface area contributed by atoms with Crippen LogP contribution in [0.3, 0.4) is 0 Å². The molecule has 6 nitrogen and oxygen atoms in total. The van der Waals surface area contributed by atoms with Gasteiger partial charge in [-0.15, -0.1) is 0 Å².